The van der Waals surface area contributed by atoms with Gasteiger partial charge in [-0.2, -0.15) is 0 Å². The van der Waals surface area contributed by atoms with Gasteiger partial charge in [0.25, 0.3) is 0 Å². The van der Waals surface area contributed by atoms with Crippen LogP contribution in [0.25, 0.3) is 0 Å². The molecule has 1 aliphatic heterocycles. The topological polar surface area (TPSA) is 49.8 Å². The number of carboxylic acid groups (broad SMARTS) is 1. The molecule has 0 unspecified atom stereocenters. The van der Waals surface area contributed by atoms with Crippen LogP contribution in [0.4, 0.5) is 0 Å². The average Bonchev–Trinajstić information content (AvgIpc) is 2.31. The fourth-order valence-electron chi connectivity index (χ4n) is 1.96. The molecule has 1 aromatic rings. The molecule has 0 saturated carbocycles. The van der Waals surface area contributed by atoms with Gasteiger partial charge >= 0.3 is 5.97 Å². The Labute approximate surface area is 106 Å². The van der Waals surface area contributed by atoms with E-state index in [2.05, 4.69) is 11.5 Å². The number of hydrogen-bond donors (Lipinski definition) is 1. The average molecular weight is 247 g/mol. The van der Waals surface area contributed by atoms with Crippen molar-refractivity contribution >= 4 is 5.97 Å². The van der Waals surface area contributed by atoms with Gasteiger partial charge in [-0.1, -0.05) is 24.8 Å². The van der Waals surface area contributed by atoms with E-state index in [0.29, 0.717) is 19.7 Å². The summed E-state index contributed by atoms with van der Waals surface area (Å²) in [6, 6.07) is 7.86. The quantitative estimate of drug-likeness (QED) is 0.778. The van der Waals surface area contributed by atoms with Crippen molar-refractivity contribution in [2.45, 2.75) is 6.54 Å². The predicted molar refractivity (Wildman–Crippen MR) is 68.5 cm³/mol. The van der Waals surface area contributed by atoms with Gasteiger partial charge in [-0.25, -0.2) is 0 Å². The molecule has 0 aliphatic carbocycles. The van der Waals surface area contributed by atoms with Crippen LogP contribution < -0.4 is 4.74 Å². The van der Waals surface area contributed by atoms with Crippen LogP contribution in [0.3, 0.4) is 0 Å². The highest BCUT2D eigenvalue weighted by Crippen LogP contribution is 2.20. The van der Waals surface area contributed by atoms with Crippen LogP contribution in [0.15, 0.2) is 36.9 Å². The number of ether oxygens (including phenoxy) is 1. The molecule has 4 nitrogen and oxygen atoms in total. The molecule has 0 radical (unpaired) electrons. The maximum atomic E-state index is 10.7. The fraction of sp³-hybridized carbons (Fsp3) is 0.357. The van der Waals surface area contributed by atoms with Gasteiger partial charge in [0, 0.05) is 19.6 Å². The molecule has 0 aromatic heterocycles. The first kappa shape index (κ1) is 12.6. The van der Waals surface area contributed by atoms with Gasteiger partial charge in [0.1, 0.15) is 12.4 Å². The lowest BCUT2D eigenvalue weighted by molar-refractivity contribution is -0.147. The zero-order chi connectivity index (χ0) is 13.0. The summed E-state index contributed by atoms with van der Waals surface area (Å²) in [6.07, 6.45) is 1.71. The SMILES string of the molecule is C=CCOc1ccc(CN2CC(C(=O)O)C2)cc1. The summed E-state index contributed by atoms with van der Waals surface area (Å²) in [5, 5.41) is 8.78. The van der Waals surface area contributed by atoms with Gasteiger partial charge in [0.05, 0.1) is 5.92 Å². The van der Waals surface area contributed by atoms with Crippen LogP contribution in [0.2, 0.25) is 0 Å². The maximum absolute atomic E-state index is 10.7. The standard InChI is InChI=1S/C14H17NO3/c1-2-7-18-13-5-3-11(4-6-13)8-15-9-12(10-15)14(16)17/h2-6,12H,1,7-10H2,(H,16,17). The van der Waals surface area contributed by atoms with Crippen molar-refractivity contribution in [1.29, 1.82) is 0 Å². The third kappa shape index (κ3) is 3.11. The highest BCUT2D eigenvalue weighted by atomic mass is 16.5. The number of nitrogens with zero attached hydrogens (tertiary/aromatic N) is 1. The Balaban J connectivity index is 1.80. The summed E-state index contributed by atoms with van der Waals surface area (Å²) in [5.74, 6) is -0.0645. The van der Waals surface area contributed by atoms with Crippen LogP contribution in [0.1, 0.15) is 5.56 Å². The van der Waals surface area contributed by atoms with Crippen molar-refractivity contribution in [3.05, 3.63) is 42.5 Å². The Morgan fingerprint density at radius 2 is 2.11 bits per heavy atom. The number of carbonyl (C=O) groups is 1. The summed E-state index contributed by atoms with van der Waals surface area (Å²) in [6.45, 7) is 6.18. The lowest BCUT2D eigenvalue weighted by atomic mass is 10.00. The van der Waals surface area contributed by atoms with Crippen LogP contribution in [0, 0.1) is 5.92 Å². The summed E-state index contributed by atoms with van der Waals surface area (Å²) in [7, 11) is 0. The molecule has 2 rings (SSSR count). The minimum atomic E-state index is -0.695. The van der Waals surface area contributed by atoms with Crippen molar-refractivity contribution < 1.29 is 14.6 Å². The number of aliphatic carboxylic acids is 1. The molecule has 1 saturated heterocycles. The summed E-state index contributed by atoms with van der Waals surface area (Å²) in [5.41, 5.74) is 1.17. The summed E-state index contributed by atoms with van der Waals surface area (Å²) in [4.78, 5) is 12.8. The van der Waals surface area contributed by atoms with Gasteiger partial charge in [-0.3, -0.25) is 9.69 Å². The van der Waals surface area contributed by atoms with Crippen molar-refractivity contribution in [2.75, 3.05) is 19.7 Å². The monoisotopic (exact) mass is 247 g/mol. The molecule has 0 atom stereocenters. The molecule has 0 amide bonds. The Morgan fingerprint density at radius 3 is 2.67 bits per heavy atom. The normalized spacial score (nSPS) is 16.0. The molecule has 1 aromatic carbocycles. The Morgan fingerprint density at radius 1 is 1.44 bits per heavy atom. The lowest BCUT2D eigenvalue weighted by Gasteiger charge is -2.36. The van der Waals surface area contributed by atoms with E-state index in [0.717, 1.165) is 12.3 Å². The minimum Gasteiger partial charge on any atom is -0.490 e. The third-order valence-corrected chi connectivity index (χ3v) is 3.00. The molecular weight excluding hydrogens is 230 g/mol. The summed E-state index contributed by atoms with van der Waals surface area (Å²) < 4.78 is 5.39. The Hall–Kier alpha value is -1.81. The molecule has 1 heterocycles. The molecule has 96 valence electrons. The smallest absolute Gasteiger partial charge is 0.309 e. The summed E-state index contributed by atoms with van der Waals surface area (Å²) >= 11 is 0. The second kappa shape index (κ2) is 5.69. The van der Waals surface area contributed by atoms with Crippen LogP contribution in [-0.2, 0) is 11.3 Å². The molecule has 0 spiro atoms. The van der Waals surface area contributed by atoms with Gasteiger partial charge in [0.15, 0.2) is 0 Å². The van der Waals surface area contributed by atoms with Crippen molar-refractivity contribution in [1.82, 2.24) is 4.90 Å². The zero-order valence-corrected chi connectivity index (χ0v) is 10.2. The first-order chi connectivity index (χ1) is 8.69. The van der Waals surface area contributed by atoms with Crippen molar-refractivity contribution in [3.63, 3.8) is 0 Å². The first-order valence-electron chi connectivity index (χ1n) is 5.97. The van der Waals surface area contributed by atoms with E-state index < -0.39 is 5.97 Å². The zero-order valence-electron chi connectivity index (χ0n) is 10.2. The molecule has 1 N–H and O–H groups in total. The maximum Gasteiger partial charge on any atom is 0.309 e. The number of benzene rings is 1. The van der Waals surface area contributed by atoms with Crippen LogP contribution in [-0.4, -0.2) is 35.7 Å². The van der Waals surface area contributed by atoms with Crippen LogP contribution in [0.5, 0.6) is 5.75 Å². The number of hydrogen-bond acceptors (Lipinski definition) is 3. The minimum absolute atomic E-state index is 0.194. The van der Waals surface area contributed by atoms with Crippen LogP contribution >= 0.6 is 0 Å². The molecule has 4 heteroatoms. The van der Waals surface area contributed by atoms with Crippen molar-refractivity contribution in [2.24, 2.45) is 5.92 Å². The fourth-order valence-corrected chi connectivity index (χ4v) is 1.96. The van der Waals surface area contributed by atoms with E-state index in [-0.39, 0.29) is 5.92 Å². The van der Waals surface area contributed by atoms with Gasteiger partial charge < -0.3 is 9.84 Å². The third-order valence-electron chi connectivity index (χ3n) is 3.00. The predicted octanol–water partition coefficient (Wildman–Crippen LogP) is 1.77. The highest BCUT2D eigenvalue weighted by molar-refractivity contribution is 5.71. The molecule has 1 fully saturated rings. The molecule has 18 heavy (non-hydrogen) atoms. The Kier molecular flexibility index (Phi) is 3.99. The van der Waals surface area contributed by atoms with E-state index >= 15 is 0 Å². The van der Waals surface area contributed by atoms with Gasteiger partial charge in [0.2, 0.25) is 0 Å². The largest absolute Gasteiger partial charge is 0.490 e. The van der Waals surface area contributed by atoms with E-state index in [1.165, 1.54) is 5.56 Å². The Bertz CT molecular complexity index is 421. The molecular formula is C14H17NO3. The van der Waals surface area contributed by atoms with Gasteiger partial charge in [-0.15, -0.1) is 0 Å². The van der Waals surface area contributed by atoms with E-state index in [1.807, 2.05) is 24.3 Å². The second-order valence-electron chi connectivity index (χ2n) is 4.47. The molecule has 0 bridgehead atoms. The number of rotatable bonds is 6. The van der Waals surface area contributed by atoms with Gasteiger partial charge in [-0.05, 0) is 17.7 Å². The second-order valence-corrected chi connectivity index (χ2v) is 4.47. The van der Waals surface area contributed by atoms with Crippen molar-refractivity contribution in [3.8, 4) is 5.75 Å². The highest BCUT2D eigenvalue weighted by Gasteiger charge is 2.31. The lowest BCUT2D eigenvalue weighted by Crippen LogP contribution is -2.49. The number of carboxylic acids is 1. The van der Waals surface area contributed by atoms with E-state index in [9.17, 15) is 4.79 Å². The number of likely N-dealkylation sites (tertiary alicyclic amines) is 1. The van der Waals surface area contributed by atoms with E-state index in [4.69, 9.17) is 9.84 Å². The first-order valence-corrected chi connectivity index (χ1v) is 5.97. The molecule has 1 aliphatic rings. The van der Waals surface area contributed by atoms with E-state index in [1.54, 1.807) is 6.08 Å².